The first-order chi connectivity index (χ1) is 8.74. The van der Waals surface area contributed by atoms with Gasteiger partial charge >= 0.3 is 0 Å². The third-order valence-corrected chi connectivity index (χ3v) is 5.84. The zero-order valence-corrected chi connectivity index (χ0v) is 12.8. The lowest BCUT2D eigenvalue weighted by atomic mass is 9.68. The van der Waals surface area contributed by atoms with E-state index in [1.807, 2.05) is 0 Å². The predicted octanol–water partition coefficient (Wildman–Crippen LogP) is 4.62. The van der Waals surface area contributed by atoms with Gasteiger partial charge in [-0.2, -0.15) is 0 Å². The molecule has 18 heavy (non-hydrogen) atoms. The maximum absolute atomic E-state index is 3.52. The molecule has 2 unspecified atom stereocenters. The van der Waals surface area contributed by atoms with Gasteiger partial charge < -0.3 is 5.32 Å². The Balaban J connectivity index is 1.79. The van der Waals surface area contributed by atoms with Gasteiger partial charge in [0.2, 0.25) is 0 Å². The second-order valence-electron chi connectivity index (χ2n) is 7.01. The second-order valence-corrected chi connectivity index (χ2v) is 7.01. The predicted molar refractivity (Wildman–Crippen MR) is 79.7 cm³/mol. The summed E-state index contributed by atoms with van der Waals surface area (Å²) >= 11 is 0. The highest BCUT2D eigenvalue weighted by Gasteiger charge is 2.32. The highest BCUT2D eigenvalue weighted by Crippen LogP contribution is 2.42. The first-order valence-corrected chi connectivity index (χ1v) is 8.41. The second kappa shape index (κ2) is 6.93. The smallest absolute Gasteiger partial charge is 0.00897 e. The van der Waals surface area contributed by atoms with Crippen molar-refractivity contribution in [3.05, 3.63) is 0 Å². The van der Waals surface area contributed by atoms with E-state index in [0.29, 0.717) is 0 Å². The molecular formula is C17H33N. The molecule has 2 aliphatic carbocycles. The van der Waals surface area contributed by atoms with Crippen LogP contribution in [0.2, 0.25) is 0 Å². The van der Waals surface area contributed by atoms with Crippen LogP contribution in [0.4, 0.5) is 0 Å². The number of rotatable bonds is 4. The standard InChI is InChI=1S/C17H33N/c1-4-17(18-3)15-10-8-14(9-11-15)16-7-5-6-13(2)12-16/h13-18H,4-12H2,1-3H3/t13-,14?,15?,16?,17?/m0/s1. The molecule has 2 rings (SSSR count). The SMILES string of the molecule is CCC(NC)C1CCC(C2CCC[C@H](C)C2)CC1. The number of hydrogen-bond acceptors (Lipinski definition) is 1. The van der Waals surface area contributed by atoms with E-state index in [-0.39, 0.29) is 0 Å². The van der Waals surface area contributed by atoms with Gasteiger partial charge in [-0.3, -0.25) is 0 Å². The van der Waals surface area contributed by atoms with E-state index in [0.717, 1.165) is 29.7 Å². The van der Waals surface area contributed by atoms with Gasteiger partial charge in [0.05, 0.1) is 0 Å². The Hall–Kier alpha value is -0.0400. The molecule has 2 aliphatic rings. The third kappa shape index (κ3) is 3.50. The average molecular weight is 251 g/mol. The summed E-state index contributed by atoms with van der Waals surface area (Å²) in [6.45, 7) is 4.79. The van der Waals surface area contributed by atoms with Crippen LogP contribution in [0, 0.1) is 23.7 Å². The highest BCUT2D eigenvalue weighted by molar-refractivity contribution is 4.85. The molecule has 0 radical (unpaired) electrons. The Labute approximate surface area is 114 Å². The average Bonchev–Trinajstić information content (AvgIpc) is 2.41. The van der Waals surface area contributed by atoms with Gasteiger partial charge in [0.25, 0.3) is 0 Å². The topological polar surface area (TPSA) is 12.0 Å². The minimum absolute atomic E-state index is 0.774. The molecule has 0 aromatic heterocycles. The van der Waals surface area contributed by atoms with Crippen molar-refractivity contribution in [2.75, 3.05) is 7.05 Å². The molecule has 0 saturated heterocycles. The first-order valence-electron chi connectivity index (χ1n) is 8.41. The molecule has 0 amide bonds. The lowest BCUT2D eigenvalue weighted by Gasteiger charge is -2.39. The summed E-state index contributed by atoms with van der Waals surface area (Å²) in [7, 11) is 2.14. The summed E-state index contributed by atoms with van der Waals surface area (Å²) < 4.78 is 0. The summed E-state index contributed by atoms with van der Waals surface area (Å²) in [4.78, 5) is 0. The first kappa shape index (κ1) is 14.4. The molecule has 106 valence electrons. The van der Waals surface area contributed by atoms with Crippen molar-refractivity contribution in [1.82, 2.24) is 5.32 Å². The molecule has 3 atom stereocenters. The van der Waals surface area contributed by atoms with Crippen LogP contribution in [0.1, 0.15) is 71.6 Å². The molecule has 0 aliphatic heterocycles. The van der Waals surface area contributed by atoms with Crippen LogP contribution in [-0.2, 0) is 0 Å². The fraction of sp³-hybridized carbons (Fsp3) is 1.00. The van der Waals surface area contributed by atoms with Crippen molar-refractivity contribution < 1.29 is 0 Å². The molecule has 0 heterocycles. The molecule has 1 N–H and O–H groups in total. The van der Waals surface area contributed by atoms with Crippen molar-refractivity contribution in [1.29, 1.82) is 0 Å². The van der Waals surface area contributed by atoms with Crippen LogP contribution in [0.15, 0.2) is 0 Å². The van der Waals surface area contributed by atoms with Crippen molar-refractivity contribution >= 4 is 0 Å². The van der Waals surface area contributed by atoms with Gasteiger partial charge in [-0.15, -0.1) is 0 Å². The fourth-order valence-electron chi connectivity index (χ4n) is 4.70. The molecular weight excluding hydrogens is 218 g/mol. The summed E-state index contributed by atoms with van der Waals surface area (Å²) in [5.74, 6) is 4.10. The lowest BCUT2D eigenvalue weighted by molar-refractivity contribution is 0.131. The van der Waals surface area contributed by atoms with Crippen LogP contribution in [-0.4, -0.2) is 13.1 Å². The van der Waals surface area contributed by atoms with E-state index in [9.17, 15) is 0 Å². The maximum Gasteiger partial charge on any atom is 0.00897 e. The van der Waals surface area contributed by atoms with Gasteiger partial charge in [-0.1, -0.05) is 33.1 Å². The zero-order valence-electron chi connectivity index (χ0n) is 12.8. The van der Waals surface area contributed by atoms with Crippen LogP contribution >= 0.6 is 0 Å². The van der Waals surface area contributed by atoms with Crippen LogP contribution < -0.4 is 5.32 Å². The monoisotopic (exact) mass is 251 g/mol. The van der Waals surface area contributed by atoms with Gasteiger partial charge in [-0.25, -0.2) is 0 Å². The Morgan fingerprint density at radius 1 is 1.00 bits per heavy atom. The lowest BCUT2D eigenvalue weighted by Crippen LogP contribution is -2.36. The molecule has 1 nitrogen and oxygen atoms in total. The third-order valence-electron chi connectivity index (χ3n) is 5.84. The van der Waals surface area contributed by atoms with E-state index in [1.165, 1.54) is 57.8 Å². The van der Waals surface area contributed by atoms with Gasteiger partial charge in [-0.05, 0) is 69.2 Å². The Kier molecular flexibility index (Phi) is 5.54. The molecule has 2 fully saturated rings. The highest BCUT2D eigenvalue weighted by atomic mass is 14.9. The number of hydrogen-bond donors (Lipinski definition) is 1. The Morgan fingerprint density at radius 3 is 2.28 bits per heavy atom. The van der Waals surface area contributed by atoms with Crippen LogP contribution in [0.3, 0.4) is 0 Å². The molecule has 0 aromatic carbocycles. The minimum Gasteiger partial charge on any atom is -0.317 e. The summed E-state index contributed by atoms with van der Waals surface area (Å²) in [5.41, 5.74) is 0. The van der Waals surface area contributed by atoms with E-state index in [4.69, 9.17) is 0 Å². The zero-order chi connectivity index (χ0) is 13.0. The van der Waals surface area contributed by atoms with E-state index < -0.39 is 0 Å². The Bertz CT molecular complexity index is 226. The molecule has 0 bridgehead atoms. The quantitative estimate of drug-likeness (QED) is 0.769. The summed E-state index contributed by atoms with van der Waals surface area (Å²) in [6.07, 6.45) is 13.3. The van der Waals surface area contributed by atoms with Crippen LogP contribution in [0.5, 0.6) is 0 Å². The largest absolute Gasteiger partial charge is 0.317 e. The summed E-state index contributed by atoms with van der Waals surface area (Å²) in [6, 6.07) is 0.774. The van der Waals surface area contributed by atoms with E-state index in [2.05, 4.69) is 26.2 Å². The number of nitrogens with one attached hydrogen (secondary N) is 1. The van der Waals surface area contributed by atoms with Crippen molar-refractivity contribution in [2.45, 2.75) is 77.7 Å². The van der Waals surface area contributed by atoms with Crippen molar-refractivity contribution in [3.8, 4) is 0 Å². The minimum atomic E-state index is 0.774. The fourth-order valence-corrected chi connectivity index (χ4v) is 4.70. The molecule has 0 aromatic rings. The van der Waals surface area contributed by atoms with Gasteiger partial charge in [0, 0.05) is 6.04 Å². The molecule has 0 spiro atoms. The van der Waals surface area contributed by atoms with Crippen molar-refractivity contribution in [3.63, 3.8) is 0 Å². The van der Waals surface area contributed by atoms with Crippen LogP contribution in [0.25, 0.3) is 0 Å². The molecule has 2 saturated carbocycles. The Morgan fingerprint density at radius 2 is 1.72 bits per heavy atom. The van der Waals surface area contributed by atoms with E-state index in [1.54, 1.807) is 0 Å². The van der Waals surface area contributed by atoms with Gasteiger partial charge in [0.15, 0.2) is 0 Å². The van der Waals surface area contributed by atoms with Gasteiger partial charge in [0.1, 0.15) is 0 Å². The van der Waals surface area contributed by atoms with Crippen molar-refractivity contribution in [2.24, 2.45) is 23.7 Å². The summed E-state index contributed by atoms with van der Waals surface area (Å²) in [5, 5.41) is 3.52. The molecule has 1 heteroatoms. The maximum atomic E-state index is 3.52. The normalized spacial score (nSPS) is 39.5. The van der Waals surface area contributed by atoms with E-state index >= 15 is 0 Å².